The molecule has 0 fully saturated rings. The van der Waals surface area contributed by atoms with Crippen LogP contribution in [0.15, 0.2) is 24.5 Å². The minimum atomic E-state index is -1.32. The molecule has 0 saturated heterocycles. The van der Waals surface area contributed by atoms with Crippen molar-refractivity contribution >= 4 is 17.7 Å². The molecule has 7 nitrogen and oxygen atoms in total. The Labute approximate surface area is 91.1 Å². The molecule has 0 aromatic carbocycles. The molecule has 0 saturated carbocycles. The highest BCUT2D eigenvalue weighted by Gasteiger charge is 2.18. The fourth-order valence-corrected chi connectivity index (χ4v) is 0.948. The Morgan fingerprint density at radius 2 is 2.25 bits per heavy atom. The van der Waals surface area contributed by atoms with Crippen molar-refractivity contribution in [3.63, 3.8) is 0 Å². The first-order chi connectivity index (χ1) is 7.63. The van der Waals surface area contributed by atoms with Crippen LogP contribution >= 0.6 is 0 Å². The highest BCUT2D eigenvalue weighted by Crippen LogP contribution is 2.01. The molecule has 0 bridgehead atoms. The van der Waals surface area contributed by atoms with E-state index < -0.39 is 24.6 Å². The third-order valence-corrected chi connectivity index (χ3v) is 1.71. The van der Waals surface area contributed by atoms with Crippen LogP contribution < -0.4 is 10.6 Å². The van der Waals surface area contributed by atoms with Gasteiger partial charge in [-0.05, 0) is 12.1 Å². The molecule has 2 amide bonds. The van der Waals surface area contributed by atoms with E-state index in [0.717, 1.165) is 0 Å². The smallest absolute Gasteiger partial charge is 0.328 e. The summed E-state index contributed by atoms with van der Waals surface area (Å²) in [6.07, 6.45) is 2.95. The number of hydrogen-bond donors (Lipinski definition) is 4. The van der Waals surface area contributed by atoms with Crippen molar-refractivity contribution in [3.8, 4) is 0 Å². The second kappa shape index (κ2) is 5.66. The average molecular weight is 225 g/mol. The first kappa shape index (κ1) is 11.9. The minimum Gasteiger partial charge on any atom is -0.480 e. The summed E-state index contributed by atoms with van der Waals surface area (Å²) < 4.78 is 0. The van der Waals surface area contributed by atoms with Crippen molar-refractivity contribution in [3.05, 3.63) is 24.5 Å². The molecule has 86 valence electrons. The summed E-state index contributed by atoms with van der Waals surface area (Å²) in [5, 5.41) is 21.7. The van der Waals surface area contributed by atoms with Gasteiger partial charge in [0.2, 0.25) is 0 Å². The largest absolute Gasteiger partial charge is 0.480 e. The summed E-state index contributed by atoms with van der Waals surface area (Å²) in [6.45, 7) is -0.671. The number of rotatable bonds is 4. The van der Waals surface area contributed by atoms with Crippen molar-refractivity contribution in [2.24, 2.45) is 0 Å². The molecule has 0 radical (unpaired) electrons. The highest BCUT2D eigenvalue weighted by molar-refractivity contribution is 5.92. The molecular weight excluding hydrogens is 214 g/mol. The lowest BCUT2D eigenvalue weighted by atomic mass is 10.3. The lowest BCUT2D eigenvalue weighted by Gasteiger charge is -2.12. The lowest BCUT2D eigenvalue weighted by Crippen LogP contribution is -2.45. The summed E-state index contributed by atoms with van der Waals surface area (Å²) in [5.41, 5.74) is 0.432. The van der Waals surface area contributed by atoms with Crippen LogP contribution in [0.3, 0.4) is 0 Å². The number of carboxylic acids is 1. The van der Waals surface area contributed by atoms with E-state index in [-0.39, 0.29) is 0 Å². The van der Waals surface area contributed by atoms with Gasteiger partial charge in [0.15, 0.2) is 6.04 Å². The molecule has 16 heavy (non-hydrogen) atoms. The van der Waals surface area contributed by atoms with Gasteiger partial charge >= 0.3 is 12.0 Å². The SMILES string of the molecule is O=C(Nc1cccnc1)NC(CO)C(=O)O. The maximum absolute atomic E-state index is 11.3. The van der Waals surface area contributed by atoms with Crippen LogP contribution in [0.5, 0.6) is 0 Å². The molecule has 1 atom stereocenters. The van der Waals surface area contributed by atoms with E-state index in [4.69, 9.17) is 10.2 Å². The molecule has 1 aromatic heterocycles. The van der Waals surface area contributed by atoms with E-state index in [2.05, 4.69) is 15.6 Å². The van der Waals surface area contributed by atoms with Crippen LogP contribution in [-0.2, 0) is 4.79 Å². The molecule has 1 rings (SSSR count). The standard InChI is InChI=1S/C9H11N3O4/c13-5-7(8(14)15)12-9(16)11-6-2-1-3-10-4-6/h1-4,7,13H,5H2,(H,14,15)(H2,11,12,16). The number of pyridine rings is 1. The number of nitrogens with zero attached hydrogens (tertiary/aromatic N) is 1. The zero-order valence-corrected chi connectivity index (χ0v) is 8.25. The van der Waals surface area contributed by atoms with Gasteiger partial charge in [-0.15, -0.1) is 0 Å². The van der Waals surface area contributed by atoms with Gasteiger partial charge in [0.1, 0.15) is 0 Å². The molecule has 1 heterocycles. The number of anilines is 1. The minimum absolute atomic E-state index is 0.432. The second-order valence-corrected chi connectivity index (χ2v) is 2.91. The zero-order chi connectivity index (χ0) is 12.0. The van der Waals surface area contributed by atoms with Crippen LogP contribution in [0.4, 0.5) is 10.5 Å². The summed E-state index contributed by atoms with van der Waals surface area (Å²) in [7, 11) is 0. The number of nitrogens with one attached hydrogen (secondary N) is 2. The van der Waals surface area contributed by atoms with E-state index in [9.17, 15) is 9.59 Å². The van der Waals surface area contributed by atoms with E-state index in [1.807, 2.05) is 0 Å². The number of aromatic nitrogens is 1. The van der Waals surface area contributed by atoms with Crippen LogP contribution in [0.25, 0.3) is 0 Å². The van der Waals surface area contributed by atoms with Gasteiger partial charge in [-0.25, -0.2) is 9.59 Å². The number of urea groups is 1. The number of carboxylic acid groups (broad SMARTS) is 1. The zero-order valence-electron chi connectivity index (χ0n) is 8.25. The number of carbonyl (C=O) groups is 2. The van der Waals surface area contributed by atoms with Crippen molar-refractivity contribution in [2.45, 2.75) is 6.04 Å². The third-order valence-electron chi connectivity index (χ3n) is 1.71. The molecule has 4 N–H and O–H groups in total. The molecule has 1 aromatic rings. The topological polar surface area (TPSA) is 112 Å². The Bertz CT molecular complexity index is 368. The fraction of sp³-hybridized carbons (Fsp3) is 0.222. The van der Waals surface area contributed by atoms with Gasteiger partial charge in [-0.2, -0.15) is 0 Å². The molecule has 0 aliphatic heterocycles. The van der Waals surface area contributed by atoms with Gasteiger partial charge in [-0.1, -0.05) is 0 Å². The van der Waals surface area contributed by atoms with E-state index >= 15 is 0 Å². The lowest BCUT2D eigenvalue weighted by molar-refractivity contribution is -0.140. The van der Waals surface area contributed by atoms with E-state index in [0.29, 0.717) is 5.69 Å². The Balaban J connectivity index is 2.50. The van der Waals surface area contributed by atoms with Gasteiger partial charge in [0.25, 0.3) is 0 Å². The summed E-state index contributed by atoms with van der Waals surface area (Å²) in [6, 6.07) is 1.18. The molecule has 7 heteroatoms. The van der Waals surface area contributed by atoms with Crippen LogP contribution in [-0.4, -0.2) is 39.8 Å². The number of aliphatic hydroxyl groups excluding tert-OH is 1. The molecule has 0 aliphatic carbocycles. The first-order valence-electron chi connectivity index (χ1n) is 4.44. The Morgan fingerprint density at radius 1 is 1.50 bits per heavy atom. The van der Waals surface area contributed by atoms with Crippen molar-refractivity contribution in [1.82, 2.24) is 10.3 Å². The first-order valence-corrected chi connectivity index (χ1v) is 4.44. The summed E-state index contributed by atoms with van der Waals surface area (Å²) >= 11 is 0. The van der Waals surface area contributed by atoms with Crippen LogP contribution in [0.1, 0.15) is 0 Å². The van der Waals surface area contributed by atoms with E-state index in [1.54, 1.807) is 12.1 Å². The normalized spacial score (nSPS) is 11.6. The van der Waals surface area contributed by atoms with Gasteiger partial charge in [-0.3, -0.25) is 4.98 Å². The number of amides is 2. The Kier molecular flexibility index (Phi) is 4.22. The van der Waals surface area contributed by atoms with Gasteiger partial charge in [0, 0.05) is 6.20 Å². The number of aliphatic carboxylic acids is 1. The average Bonchev–Trinajstić information content (AvgIpc) is 2.27. The van der Waals surface area contributed by atoms with Crippen LogP contribution in [0.2, 0.25) is 0 Å². The summed E-state index contributed by atoms with van der Waals surface area (Å²) in [5.74, 6) is -1.30. The number of hydrogen-bond acceptors (Lipinski definition) is 4. The number of aliphatic hydroxyl groups is 1. The van der Waals surface area contributed by atoms with Crippen molar-refractivity contribution < 1.29 is 19.8 Å². The maximum Gasteiger partial charge on any atom is 0.328 e. The van der Waals surface area contributed by atoms with Gasteiger partial charge < -0.3 is 20.8 Å². The van der Waals surface area contributed by atoms with Crippen molar-refractivity contribution in [1.29, 1.82) is 0 Å². The Morgan fingerprint density at radius 3 is 2.75 bits per heavy atom. The van der Waals surface area contributed by atoms with Crippen LogP contribution in [0, 0.1) is 0 Å². The maximum atomic E-state index is 11.3. The monoisotopic (exact) mass is 225 g/mol. The predicted molar refractivity (Wildman–Crippen MR) is 54.9 cm³/mol. The summed E-state index contributed by atoms with van der Waals surface area (Å²) in [4.78, 5) is 25.5. The molecule has 1 unspecified atom stereocenters. The second-order valence-electron chi connectivity index (χ2n) is 2.91. The Hall–Kier alpha value is -2.15. The molecular formula is C9H11N3O4. The quantitative estimate of drug-likeness (QED) is 0.559. The fourth-order valence-electron chi connectivity index (χ4n) is 0.948. The molecule has 0 aliphatic rings. The highest BCUT2D eigenvalue weighted by atomic mass is 16.4. The van der Waals surface area contributed by atoms with Gasteiger partial charge in [0.05, 0.1) is 18.5 Å². The van der Waals surface area contributed by atoms with E-state index in [1.165, 1.54) is 12.4 Å². The number of carbonyl (C=O) groups excluding carboxylic acids is 1. The predicted octanol–water partition coefficient (Wildman–Crippen LogP) is -0.351. The third kappa shape index (κ3) is 3.54. The van der Waals surface area contributed by atoms with Crippen molar-refractivity contribution in [2.75, 3.05) is 11.9 Å². The molecule has 0 spiro atoms.